The van der Waals surface area contributed by atoms with Crippen molar-refractivity contribution >= 4 is 90.7 Å². The first kappa shape index (κ1) is 24.6. The van der Waals surface area contributed by atoms with Crippen molar-refractivity contribution in [3.8, 4) is 5.75 Å². The van der Waals surface area contributed by atoms with Gasteiger partial charge in [-0.25, -0.2) is 0 Å². The minimum absolute atomic E-state index is 0.244. The van der Waals surface area contributed by atoms with E-state index < -0.39 is 0 Å². The van der Waals surface area contributed by atoms with Gasteiger partial charge < -0.3 is 4.74 Å². The first-order valence-electron chi connectivity index (χ1n) is 9.66. The highest BCUT2D eigenvalue weighted by molar-refractivity contribution is 14.1. The van der Waals surface area contributed by atoms with E-state index in [-0.39, 0.29) is 17.7 Å². The summed E-state index contributed by atoms with van der Waals surface area (Å²) >= 11 is 18.5. The number of hydrogen-bond acceptors (Lipinski definition) is 4. The van der Waals surface area contributed by atoms with Gasteiger partial charge in [-0.3, -0.25) is 14.5 Å². The number of ether oxygens (including phenoxy) is 1. The first-order valence-corrected chi connectivity index (χ1v) is 13.1. The Morgan fingerprint density at radius 1 is 0.970 bits per heavy atom. The van der Waals surface area contributed by atoms with E-state index in [0.717, 1.165) is 36.5 Å². The van der Waals surface area contributed by atoms with Gasteiger partial charge in [0.2, 0.25) is 0 Å². The van der Waals surface area contributed by atoms with Crippen LogP contribution in [0, 0.1) is 3.57 Å². The van der Waals surface area contributed by atoms with Crippen LogP contribution in [0.15, 0.2) is 70.0 Å². The van der Waals surface area contributed by atoms with Crippen LogP contribution in [0.4, 0.5) is 4.79 Å². The number of imide groups is 1. The highest BCUT2D eigenvalue weighted by atomic mass is 127. The van der Waals surface area contributed by atoms with E-state index in [1.165, 1.54) is 4.90 Å². The summed E-state index contributed by atoms with van der Waals surface area (Å²) in [7, 11) is 0. The van der Waals surface area contributed by atoms with E-state index in [1.807, 2.05) is 48.5 Å². The lowest BCUT2D eigenvalue weighted by atomic mass is 10.2. The van der Waals surface area contributed by atoms with Crippen LogP contribution in [0.25, 0.3) is 6.08 Å². The molecule has 0 spiro atoms. The monoisotopic (exact) mass is 673 g/mol. The average molecular weight is 675 g/mol. The van der Waals surface area contributed by atoms with Gasteiger partial charge in [-0.2, -0.15) is 0 Å². The summed E-state index contributed by atoms with van der Waals surface area (Å²) in [5, 5.41) is 0.711. The molecule has 2 amide bonds. The molecule has 4 nitrogen and oxygen atoms in total. The number of carbonyl (C=O) groups excluding carboxylic acids is 2. The van der Waals surface area contributed by atoms with E-state index in [2.05, 4.69) is 38.5 Å². The van der Waals surface area contributed by atoms with Gasteiger partial charge in [0.1, 0.15) is 12.4 Å². The van der Waals surface area contributed by atoms with Gasteiger partial charge in [0.05, 0.1) is 25.1 Å². The van der Waals surface area contributed by atoms with Crippen molar-refractivity contribution < 1.29 is 14.3 Å². The summed E-state index contributed by atoms with van der Waals surface area (Å²) in [5.74, 6) is 0.421. The topological polar surface area (TPSA) is 46.6 Å². The van der Waals surface area contributed by atoms with Crippen molar-refractivity contribution in [2.75, 3.05) is 0 Å². The minimum Gasteiger partial charge on any atom is -0.488 e. The van der Waals surface area contributed by atoms with Crippen LogP contribution in [0.2, 0.25) is 10.0 Å². The van der Waals surface area contributed by atoms with E-state index in [1.54, 1.807) is 18.2 Å². The van der Waals surface area contributed by atoms with Gasteiger partial charge in [0.15, 0.2) is 0 Å². The molecular weight excluding hydrogens is 660 g/mol. The highest BCUT2D eigenvalue weighted by Gasteiger charge is 2.35. The molecule has 0 atom stereocenters. The minimum atomic E-state index is -0.289. The standard InChI is InChI=1S/C24H15BrCl2INO3S/c25-17-5-1-14(2-6-17)12-29-23(30)22(33-24(29)31)11-15-4-8-21(20(28)10-15)32-13-16-3-7-18(26)19(27)9-16/h1-11H,12-13H2/b22-11-. The largest absolute Gasteiger partial charge is 0.488 e. The van der Waals surface area contributed by atoms with Crippen LogP contribution in [-0.2, 0) is 17.9 Å². The average Bonchev–Trinajstić information content (AvgIpc) is 3.04. The third-order valence-electron chi connectivity index (χ3n) is 4.76. The van der Waals surface area contributed by atoms with Crippen LogP contribution >= 0.6 is 73.5 Å². The normalized spacial score (nSPS) is 14.9. The van der Waals surface area contributed by atoms with Gasteiger partial charge in [-0.1, -0.05) is 63.4 Å². The first-order chi connectivity index (χ1) is 15.8. The molecule has 0 saturated carbocycles. The van der Waals surface area contributed by atoms with Crippen molar-refractivity contribution in [1.82, 2.24) is 4.90 Å². The molecule has 33 heavy (non-hydrogen) atoms. The predicted octanol–water partition coefficient (Wildman–Crippen LogP) is 8.18. The molecule has 0 N–H and O–H groups in total. The molecule has 0 unspecified atom stereocenters. The van der Waals surface area contributed by atoms with Gasteiger partial charge in [0.25, 0.3) is 11.1 Å². The molecule has 9 heteroatoms. The molecule has 168 valence electrons. The van der Waals surface area contributed by atoms with Crippen molar-refractivity contribution in [3.63, 3.8) is 0 Å². The Hall–Kier alpha value is -1.52. The quantitative estimate of drug-likeness (QED) is 0.196. The lowest BCUT2D eigenvalue weighted by Gasteiger charge is -2.12. The molecule has 0 bridgehead atoms. The fraction of sp³-hybridized carbons (Fsp3) is 0.0833. The summed E-state index contributed by atoms with van der Waals surface area (Å²) in [6.45, 7) is 0.593. The Morgan fingerprint density at radius 2 is 1.70 bits per heavy atom. The summed E-state index contributed by atoms with van der Waals surface area (Å²) in [4.78, 5) is 26.9. The number of thioether (sulfide) groups is 1. The molecule has 4 rings (SSSR count). The second-order valence-electron chi connectivity index (χ2n) is 7.12. The lowest BCUT2D eigenvalue weighted by molar-refractivity contribution is -0.123. The van der Waals surface area contributed by atoms with Crippen molar-refractivity contribution in [1.29, 1.82) is 0 Å². The smallest absolute Gasteiger partial charge is 0.293 e. The Bertz CT molecular complexity index is 1270. The lowest BCUT2D eigenvalue weighted by Crippen LogP contribution is -2.27. The maximum absolute atomic E-state index is 12.8. The fourth-order valence-corrected chi connectivity index (χ4v) is 5.19. The Labute approximate surface area is 227 Å². The Kier molecular flexibility index (Phi) is 8.07. The van der Waals surface area contributed by atoms with Crippen LogP contribution in [0.1, 0.15) is 16.7 Å². The molecule has 0 radical (unpaired) electrons. The zero-order chi connectivity index (χ0) is 23.5. The number of amides is 2. The third kappa shape index (κ3) is 6.14. The molecule has 0 aliphatic carbocycles. The maximum Gasteiger partial charge on any atom is 0.293 e. The summed E-state index contributed by atoms with van der Waals surface area (Å²) in [5.41, 5.74) is 2.61. The van der Waals surface area contributed by atoms with Crippen LogP contribution in [-0.4, -0.2) is 16.0 Å². The van der Waals surface area contributed by atoms with E-state index in [9.17, 15) is 9.59 Å². The van der Waals surface area contributed by atoms with Gasteiger partial charge in [0, 0.05) is 4.47 Å². The highest BCUT2D eigenvalue weighted by Crippen LogP contribution is 2.34. The van der Waals surface area contributed by atoms with Crippen molar-refractivity contribution in [2.45, 2.75) is 13.2 Å². The zero-order valence-corrected chi connectivity index (χ0v) is 22.9. The van der Waals surface area contributed by atoms with Crippen LogP contribution in [0.3, 0.4) is 0 Å². The number of hydrogen-bond donors (Lipinski definition) is 0. The van der Waals surface area contributed by atoms with E-state index in [0.29, 0.717) is 27.3 Å². The van der Waals surface area contributed by atoms with Gasteiger partial charge in [-0.05, 0) is 93.5 Å². The number of carbonyl (C=O) groups is 2. The van der Waals surface area contributed by atoms with E-state index in [4.69, 9.17) is 27.9 Å². The van der Waals surface area contributed by atoms with Crippen LogP contribution in [0.5, 0.6) is 5.75 Å². The van der Waals surface area contributed by atoms with Crippen molar-refractivity contribution in [3.05, 3.63) is 100 Å². The third-order valence-corrected chi connectivity index (χ3v) is 7.78. The molecule has 1 fully saturated rings. The molecule has 3 aromatic rings. The predicted molar refractivity (Wildman–Crippen MR) is 146 cm³/mol. The maximum atomic E-state index is 12.8. The SMILES string of the molecule is O=C1S/C(=C\c2ccc(OCc3ccc(Cl)c(Cl)c3)c(I)c2)C(=O)N1Cc1ccc(Br)cc1. The van der Waals surface area contributed by atoms with Crippen molar-refractivity contribution in [2.24, 2.45) is 0 Å². The Morgan fingerprint density at radius 3 is 2.39 bits per heavy atom. The second-order valence-corrected chi connectivity index (χ2v) is 11.0. The molecule has 1 aliphatic rings. The molecule has 1 saturated heterocycles. The number of rotatable bonds is 6. The van der Waals surface area contributed by atoms with Gasteiger partial charge >= 0.3 is 0 Å². The zero-order valence-electron chi connectivity index (χ0n) is 16.9. The van der Waals surface area contributed by atoms with E-state index >= 15 is 0 Å². The second kappa shape index (κ2) is 10.8. The molecule has 1 aliphatic heterocycles. The van der Waals surface area contributed by atoms with Gasteiger partial charge in [-0.15, -0.1) is 0 Å². The number of halogens is 4. The molecule has 3 aromatic carbocycles. The van der Waals surface area contributed by atoms with Crippen LogP contribution < -0.4 is 4.74 Å². The summed E-state index contributed by atoms with van der Waals surface area (Å²) in [6.07, 6.45) is 1.73. The number of nitrogens with zero attached hydrogens (tertiary/aromatic N) is 1. The summed E-state index contributed by atoms with van der Waals surface area (Å²) in [6, 6.07) is 18.5. The molecule has 1 heterocycles. The molecule has 0 aromatic heterocycles. The molecular formula is C24H15BrCl2INO3S. The number of benzene rings is 3. The summed E-state index contributed by atoms with van der Waals surface area (Å²) < 4.78 is 7.73. The Balaban J connectivity index is 1.44. The fourth-order valence-electron chi connectivity index (χ4n) is 3.07.